The van der Waals surface area contributed by atoms with E-state index in [1.54, 1.807) is 0 Å². The molecule has 2 rings (SSSR count). The van der Waals surface area contributed by atoms with E-state index in [-0.39, 0.29) is 0 Å². The quantitative estimate of drug-likeness (QED) is 0.795. The first-order valence-electron chi connectivity index (χ1n) is 7.62. The second-order valence-corrected chi connectivity index (χ2v) is 7.32. The topological polar surface area (TPSA) is 12.0 Å². The summed E-state index contributed by atoms with van der Waals surface area (Å²) in [6.07, 6.45) is 1.05. The van der Waals surface area contributed by atoms with Gasteiger partial charge in [-0.15, -0.1) is 11.8 Å². The fourth-order valence-electron chi connectivity index (χ4n) is 2.57. The Kier molecular flexibility index (Phi) is 6.34. The number of thioether (sulfide) groups is 1. The van der Waals surface area contributed by atoms with Crippen LogP contribution in [0, 0.1) is 0 Å². The molecule has 21 heavy (non-hydrogen) atoms. The third-order valence-electron chi connectivity index (χ3n) is 3.58. The molecule has 0 spiro atoms. The molecule has 2 unspecified atom stereocenters. The van der Waals surface area contributed by atoms with Crippen molar-refractivity contribution in [1.82, 2.24) is 5.32 Å². The van der Waals surface area contributed by atoms with Crippen molar-refractivity contribution in [1.29, 1.82) is 0 Å². The lowest BCUT2D eigenvalue weighted by Crippen LogP contribution is -2.33. The summed E-state index contributed by atoms with van der Waals surface area (Å²) in [4.78, 5) is 0. The van der Waals surface area contributed by atoms with E-state index in [2.05, 4.69) is 86.9 Å². The minimum absolute atomic E-state index is 0.433. The van der Waals surface area contributed by atoms with Crippen molar-refractivity contribution in [2.75, 3.05) is 7.05 Å². The number of hydrogen-bond acceptors (Lipinski definition) is 2. The van der Waals surface area contributed by atoms with Gasteiger partial charge in [0.05, 0.1) is 0 Å². The minimum atomic E-state index is 0.433. The molecule has 0 saturated carbocycles. The molecule has 0 aromatic heterocycles. The third-order valence-corrected chi connectivity index (χ3v) is 5.02. The first-order chi connectivity index (χ1) is 10.2. The Morgan fingerprint density at radius 3 is 2.00 bits per heavy atom. The maximum absolute atomic E-state index is 3.53. The van der Waals surface area contributed by atoms with E-state index in [1.165, 1.54) is 11.1 Å². The molecular weight excluding hydrogens is 274 g/mol. The van der Waals surface area contributed by atoms with E-state index in [4.69, 9.17) is 0 Å². The fourth-order valence-corrected chi connectivity index (χ4v) is 3.89. The summed E-state index contributed by atoms with van der Waals surface area (Å²) in [5, 5.41) is 4.62. The average Bonchev–Trinajstić information content (AvgIpc) is 2.52. The van der Waals surface area contributed by atoms with Gasteiger partial charge in [0.2, 0.25) is 0 Å². The summed E-state index contributed by atoms with van der Waals surface area (Å²) < 4.78 is 0. The van der Waals surface area contributed by atoms with Gasteiger partial charge in [0.25, 0.3) is 0 Å². The van der Waals surface area contributed by atoms with Gasteiger partial charge in [0.15, 0.2) is 0 Å². The predicted molar refractivity (Wildman–Crippen MR) is 94.9 cm³/mol. The second kappa shape index (κ2) is 8.26. The highest BCUT2D eigenvalue weighted by Gasteiger charge is 2.23. The van der Waals surface area contributed by atoms with Crippen LogP contribution >= 0.6 is 11.8 Å². The lowest BCUT2D eigenvalue weighted by Gasteiger charge is -2.28. The zero-order valence-electron chi connectivity index (χ0n) is 13.1. The van der Waals surface area contributed by atoms with Gasteiger partial charge in [-0.05, 0) is 29.8 Å². The van der Waals surface area contributed by atoms with Gasteiger partial charge in [-0.3, -0.25) is 0 Å². The molecule has 0 radical (unpaired) electrons. The summed E-state index contributed by atoms with van der Waals surface area (Å²) in [6.45, 7) is 4.55. The highest BCUT2D eigenvalue weighted by Crippen LogP contribution is 2.36. The van der Waals surface area contributed by atoms with E-state index in [0.717, 1.165) is 6.42 Å². The van der Waals surface area contributed by atoms with Crippen LogP contribution in [0.25, 0.3) is 0 Å². The van der Waals surface area contributed by atoms with Crippen LogP contribution < -0.4 is 5.32 Å². The molecule has 0 aliphatic carbocycles. The highest BCUT2D eigenvalue weighted by atomic mass is 32.2. The molecule has 2 aromatic carbocycles. The van der Waals surface area contributed by atoms with Crippen LogP contribution in [0.15, 0.2) is 60.7 Å². The molecule has 2 atom stereocenters. The Morgan fingerprint density at radius 1 is 0.905 bits per heavy atom. The van der Waals surface area contributed by atoms with Crippen molar-refractivity contribution in [3.63, 3.8) is 0 Å². The van der Waals surface area contributed by atoms with Crippen molar-refractivity contribution in [3.8, 4) is 0 Å². The Hall–Kier alpha value is -1.25. The molecule has 0 bridgehead atoms. The SMILES string of the molecule is CNC(Cc1ccccc1)C(SC(C)C)c1ccccc1. The first-order valence-corrected chi connectivity index (χ1v) is 8.56. The Bertz CT molecular complexity index is 510. The number of likely N-dealkylation sites (N-methyl/N-ethyl adjacent to an activating group) is 1. The van der Waals surface area contributed by atoms with E-state index in [0.29, 0.717) is 16.5 Å². The van der Waals surface area contributed by atoms with Gasteiger partial charge < -0.3 is 5.32 Å². The van der Waals surface area contributed by atoms with E-state index in [1.807, 2.05) is 11.8 Å². The number of benzene rings is 2. The lowest BCUT2D eigenvalue weighted by molar-refractivity contribution is 0.546. The zero-order chi connectivity index (χ0) is 15.1. The smallest absolute Gasteiger partial charge is 0.0456 e. The Balaban J connectivity index is 2.21. The second-order valence-electron chi connectivity index (χ2n) is 5.60. The number of hydrogen-bond donors (Lipinski definition) is 1. The molecular formula is C19H25NS. The molecule has 0 fully saturated rings. The normalized spacial score (nSPS) is 14.1. The van der Waals surface area contributed by atoms with Crippen molar-refractivity contribution < 1.29 is 0 Å². The molecule has 2 heteroatoms. The monoisotopic (exact) mass is 299 g/mol. The van der Waals surface area contributed by atoms with Gasteiger partial charge >= 0.3 is 0 Å². The minimum Gasteiger partial charge on any atom is -0.315 e. The fraction of sp³-hybridized carbons (Fsp3) is 0.368. The summed E-state index contributed by atoms with van der Waals surface area (Å²) >= 11 is 2.04. The van der Waals surface area contributed by atoms with Crippen LogP contribution in [0.3, 0.4) is 0 Å². The van der Waals surface area contributed by atoms with Gasteiger partial charge in [-0.25, -0.2) is 0 Å². The van der Waals surface area contributed by atoms with Crippen LogP contribution in [-0.2, 0) is 6.42 Å². The van der Waals surface area contributed by atoms with Gasteiger partial charge in [-0.1, -0.05) is 74.5 Å². The molecule has 1 N–H and O–H groups in total. The largest absolute Gasteiger partial charge is 0.315 e. The Morgan fingerprint density at radius 2 is 1.48 bits per heavy atom. The van der Waals surface area contributed by atoms with Gasteiger partial charge in [0.1, 0.15) is 0 Å². The predicted octanol–water partition coefficient (Wildman–Crippen LogP) is 4.70. The van der Waals surface area contributed by atoms with Crippen molar-refractivity contribution >= 4 is 11.8 Å². The molecule has 0 aliphatic rings. The highest BCUT2D eigenvalue weighted by molar-refractivity contribution is 8.00. The maximum atomic E-state index is 3.53. The molecule has 0 amide bonds. The molecule has 0 heterocycles. The number of rotatable bonds is 7. The van der Waals surface area contributed by atoms with Crippen LogP contribution in [0.4, 0.5) is 0 Å². The molecule has 2 aromatic rings. The van der Waals surface area contributed by atoms with Crippen molar-refractivity contribution in [3.05, 3.63) is 71.8 Å². The van der Waals surface area contributed by atoms with E-state index < -0.39 is 0 Å². The molecule has 0 saturated heterocycles. The lowest BCUT2D eigenvalue weighted by atomic mass is 9.98. The third kappa shape index (κ3) is 4.90. The first kappa shape index (κ1) is 16.1. The van der Waals surface area contributed by atoms with Crippen LogP contribution in [0.1, 0.15) is 30.2 Å². The zero-order valence-corrected chi connectivity index (χ0v) is 13.9. The average molecular weight is 299 g/mol. The maximum Gasteiger partial charge on any atom is 0.0456 e. The number of nitrogens with one attached hydrogen (secondary N) is 1. The summed E-state index contributed by atoms with van der Waals surface area (Å²) in [5.74, 6) is 0. The summed E-state index contributed by atoms with van der Waals surface area (Å²) in [6, 6.07) is 22.0. The van der Waals surface area contributed by atoms with E-state index >= 15 is 0 Å². The standard InChI is InChI=1S/C19H25NS/c1-15(2)21-19(17-12-8-5-9-13-17)18(20-3)14-16-10-6-4-7-11-16/h4-13,15,18-20H,14H2,1-3H3. The molecule has 1 nitrogen and oxygen atoms in total. The van der Waals surface area contributed by atoms with Gasteiger partial charge in [-0.2, -0.15) is 0 Å². The van der Waals surface area contributed by atoms with Crippen LogP contribution in [0.5, 0.6) is 0 Å². The molecule has 112 valence electrons. The molecule has 0 aliphatic heterocycles. The van der Waals surface area contributed by atoms with E-state index in [9.17, 15) is 0 Å². The van der Waals surface area contributed by atoms with Crippen molar-refractivity contribution in [2.24, 2.45) is 0 Å². The summed E-state index contributed by atoms with van der Waals surface area (Å²) in [7, 11) is 2.07. The summed E-state index contributed by atoms with van der Waals surface area (Å²) in [5.41, 5.74) is 2.80. The van der Waals surface area contributed by atoms with Gasteiger partial charge in [0, 0.05) is 11.3 Å². The van der Waals surface area contributed by atoms with Crippen molar-refractivity contribution in [2.45, 2.75) is 36.8 Å². The Labute approximate surface area is 133 Å². The van der Waals surface area contributed by atoms with Crippen LogP contribution in [0.2, 0.25) is 0 Å². The van der Waals surface area contributed by atoms with Crippen LogP contribution in [-0.4, -0.2) is 18.3 Å².